The highest BCUT2D eigenvalue weighted by molar-refractivity contribution is 6.35. The van der Waals surface area contributed by atoms with Crippen molar-refractivity contribution in [3.05, 3.63) is 85.6 Å². The molecule has 136 valence electrons. The summed E-state index contributed by atoms with van der Waals surface area (Å²) in [6, 6.07) is 12.3. The van der Waals surface area contributed by atoms with Gasteiger partial charge in [0.1, 0.15) is 5.82 Å². The van der Waals surface area contributed by atoms with Gasteiger partial charge in [0.05, 0.1) is 12.0 Å². The number of nitrogens with zero attached hydrogens (tertiary/aromatic N) is 4. The zero-order chi connectivity index (χ0) is 19.1. The van der Waals surface area contributed by atoms with Gasteiger partial charge in [0.25, 0.3) is 5.56 Å². The highest BCUT2D eigenvalue weighted by Gasteiger charge is 2.17. The number of imidazole rings is 1. The van der Waals surface area contributed by atoms with Crippen molar-refractivity contribution in [3.63, 3.8) is 0 Å². The van der Waals surface area contributed by atoms with Gasteiger partial charge in [0.15, 0.2) is 11.2 Å². The second-order valence-corrected chi connectivity index (χ2v) is 7.37. The van der Waals surface area contributed by atoms with E-state index in [4.69, 9.17) is 39.8 Å². The maximum absolute atomic E-state index is 13.1. The Labute approximate surface area is 169 Å². The van der Waals surface area contributed by atoms with Crippen molar-refractivity contribution in [2.75, 3.05) is 0 Å². The lowest BCUT2D eigenvalue weighted by Gasteiger charge is -2.13. The molecule has 4 rings (SSSR count). The van der Waals surface area contributed by atoms with Gasteiger partial charge in [-0.15, -0.1) is 0 Å². The normalized spacial score (nSPS) is 11.3. The molecule has 0 aliphatic heterocycles. The molecular weight excluding hydrogens is 407 g/mol. The number of hydrogen-bond donors (Lipinski definition) is 0. The fourth-order valence-electron chi connectivity index (χ4n) is 2.91. The minimum atomic E-state index is -0.247. The van der Waals surface area contributed by atoms with E-state index in [-0.39, 0.29) is 5.56 Å². The van der Waals surface area contributed by atoms with Crippen molar-refractivity contribution >= 4 is 46.0 Å². The summed E-state index contributed by atoms with van der Waals surface area (Å²) >= 11 is 18.3. The van der Waals surface area contributed by atoms with Crippen LogP contribution in [0.15, 0.2) is 53.6 Å². The van der Waals surface area contributed by atoms with Crippen LogP contribution in [-0.2, 0) is 13.5 Å². The Bertz CT molecular complexity index is 1210. The molecular formula is C19H13Cl3N4O. The van der Waals surface area contributed by atoms with E-state index in [1.54, 1.807) is 54.3 Å². The van der Waals surface area contributed by atoms with Gasteiger partial charge >= 0.3 is 0 Å². The van der Waals surface area contributed by atoms with Gasteiger partial charge in [-0.05, 0) is 42.0 Å². The van der Waals surface area contributed by atoms with Gasteiger partial charge < -0.3 is 4.57 Å². The van der Waals surface area contributed by atoms with E-state index >= 15 is 0 Å². The van der Waals surface area contributed by atoms with E-state index in [0.29, 0.717) is 44.2 Å². The molecule has 0 unspecified atom stereocenters. The molecule has 2 aromatic carbocycles. The van der Waals surface area contributed by atoms with Crippen LogP contribution in [0.5, 0.6) is 0 Å². The van der Waals surface area contributed by atoms with Gasteiger partial charge in [-0.25, -0.2) is 9.97 Å². The molecule has 27 heavy (non-hydrogen) atoms. The Balaban J connectivity index is 1.96. The van der Waals surface area contributed by atoms with Gasteiger partial charge in [-0.1, -0.05) is 40.9 Å². The van der Waals surface area contributed by atoms with Gasteiger partial charge in [0.2, 0.25) is 0 Å². The summed E-state index contributed by atoms with van der Waals surface area (Å²) in [5.74, 6) is 0.544. The minimum Gasteiger partial charge on any atom is -0.318 e. The molecule has 5 nitrogen and oxygen atoms in total. The number of aromatic nitrogens is 4. The second kappa shape index (κ2) is 7.00. The van der Waals surface area contributed by atoms with Crippen LogP contribution in [0.4, 0.5) is 0 Å². The first-order valence-electron chi connectivity index (χ1n) is 8.07. The summed E-state index contributed by atoms with van der Waals surface area (Å²) in [7, 11) is 1.80. The lowest BCUT2D eigenvalue weighted by molar-refractivity contribution is 0.832. The Kier molecular flexibility index (Phi) is 4.68. The predicted octanol–water partition coefficient (Wildman–Crippen LogP) is 4.67. The second-order valence-electron chi connectivity index (χ2n) is 6.09. The molecule has 0 aliphatic carbocycles. The first-order chi connectivity index (χ1) is 12.9. The average molecular weight is 420 g/mol. The molecule has 2 aromatic heterocycles. The molecule has 4 aromatic rings. The quantitative estimate of drug-likeness (QED) is 0.485. The maximum Gasteiger partial charge on any atom is 0.286 e. The zero-order valence-corrected chi connectivity index (χ0v) is 16.4. The minimum absolute atomic E-state index is 0.247. The van der Waals surface area contributed by atoms with E-state index in [0.717, 1.165) is 5.56 Å². The molecule has 0 aliphatic rings. The predicted molar refractivity (Wildman–Crippen MR) is 108 cm³/mol. The highest BCUT2D eigenvalue weighted by Crippen LogP contribution is 2.24. The monoisotopic (exact) mass is 418 g/mol. The summed E-state index contributed by atoms with van der Waals surface area (Å²) in [5, 5.41) is 1.65. The molecule has 0 bridgehead atoms. The molecule has 0 N–H and O–H groups in total. The fraction of sp³-hybridized carbons (Fsp3) is 0.105. The van der Waals surface area contributed by atoms with Crippen LogP contribution < -0.4 is 5.56 Å². The van der Waals surface area contributed by atoms with Crippen molar-refractivity contribution < 1.29 is 0 Å². The number of rotatable bonds is 3. The molecule has 0 fully saturated rings. The number of hydrogen-bond acceptors (Lipinski definition) is 3. The van der Waals surface area contributed by atoms with E-state index in [1.165, 1.54) is 4.57 Å². The van der Waals surface area contributed by atoms with E-state index in [9.17, 15) is 4.79 Å². The smallest absolute Gasteiger partial charge is 0.286 e. The van der Waals surface area contributed by atoms with Crippen LogP contribution in [0.25, 0.3) is 16.9 Å². The number of halogens is 3. The molecule has 0 radical (unpaired) electrons. The molecule has 0 atom stereocenters. The summed E-state index contributed by atoms with van der Waals surface area (Å²) in [4.78, 5) is 22.0. The maximum atomic E-state index is 13.1. The molecule has 0 spiro atoms. The number of benzene rings is 2. The first kappa shape index (κ1) is 18.0. The van der Waals surface area contributed by atoms with Crippen LogP contribution >= 0.6 is 34.8 Å². The molecule has 8 heteroatoms. The van der Waals surface area contributed by atoms with Crippen molar-refractivity contribution in [1.82, 2.24) is 19.1 Å². The molecule has 0 saturated heterocycles. The number of fused-ring (bicyclic) bond motifs is 1. The van der Waals surface area contributed by atoms with Crippen molar-refractivity contribution in [2.45, 2.75) is 6.42 Å². The van der Waals surface area contributed by atoms with E-state index in [1.807, 2.05) is 6.07 Å². The van der Waals surface area contributed by atoms with Crippen molar-refractivity contribution in [2.24, 2.45) is 7.05 Å². The van der Waals surface area contributed by atoms with Gasteiger partial charge in [0, 0.05) is 28.5 Å². The van der Waals surface area contributed by atoms with Crippen LogP contribution in [0.2, 0.25) is 15.1 Å². The zero-order valence-electron chi connectivity index (χ0n) is 14.2. The molecule has 0 amide bonds. The van der Waals surface area contributed by atoms with Crippen LogP contribution in [-0.4, -0.2) is 19.1 Å². The Hall–Kier alpha value is -2.34. The largest absolute Gasteiger partial charge is 0.318 e. The Morgan fingerprint density at radius 3 is 2.41 bits per heavy atom. The van der Waals surface area contributed by atoms with Crippen molar-refractivity contribution in [3.8, 4) is 5.69 Å². The fourth-order valence-corrected chi connectivity index (χ4v) is 3.51. The van der Waals surface area contributed by atoms with Crippen molar-refractivity contribution in [1.29, 1.82) is 0 Å². The summed E-state index contributed by atoms with van der Waals surface area (Å²) in [6.07, 6.45) is 1.93. The lowest BCUT2D eigenvalue weighted by Crippen LogP contribution is -2.24. The highest BCUT2D eigenvalue weighted by atomic mass is 35.5. The average Bonchev–Trinajstić information content (AvgIpc) is 3.00. The molecule has 0 saturated carbocycles. The SMILES string of the molecule is Cn1cnc2c(=O)n(-c3ccc(Cl)cc3)c(Cc3ccc(Cl)cc3Cl)nc21. The summed E-state index contributed by atoms with van der Waals surface area (Å²) in [5.41, 5.74) is 2.05. The third kappa shape index (κ3) is 3.34. The van der Waals surface area contributed by atoms with E-state index in [2.05, 4.69) is 4.98 Å². The third-order valence-corrected chi connectivity index (χ3v) is 5.09. The Morgan fingerprint density at radius 2 is 1.70 bits per heavy atom. The topological polar surface area (TPSA) is 52.7 Å². The first-order valence-corrected chi connectivity index (χ1v) is 9.20. The van der Waals surface area contributed by atoms with Crippen LogP contribution in [0, 0.1) is 0 Å². The van der Waals surface area contributed by atoms with Gasteiger partial charge in [-0.2, -0.15) is 0 Å². The lowest BCUT2D eigenvalue weighted by atomic mass is 10.1. The molecule has 2 heterocycles. The number of aryl methyl sites for hydroxylation is 1. The standard InChI is InChI=1S/C19H13Cl3N4O/c1-25-10-23-17-18(25)24-16(8-11-2-3-13(21)9-15(11)22)26(19(17)27)14-6-4-12(20)5-7-14/h2-7,9-10H,8H2,1H3. The Morgan fingerprint density at radius 1 is 1.00 bits per heavy atom. The third-order valence-electron chi connectivity index (χ3n) is 4.25. The van der Waals surface area contributed by atoms with Crippen LogP contribution in [0.3, 0.4) is 0 Å². The summed E-state index contributed by atoms with van der Waals surface area (Å²) < 4.78 is 3.26. The summed E-state index contributed by atoms with van der Waals surface area (Å²) in [6.45, 7) is 0. The van der Waals surface area contributed by atoms with Crippen LogP contribution in [0.1, 0.15) is 11.4 Å². The van der Waals surface area contributed by atoms with Gasteiger partial charge in [-0.3, -0.25) is 9.36 Å². The van der Waals surface area contributed by atoms with E-state index < -0.39 is 0 Å².